The molecule has 112 valence electrons. The summed E-state index contributed by atoms with van der Waals surface area (Å²) >= 11 is 0. The lowest BCUT2D eigenvalue weighted by atomic mass is 10.00. The van der Waals surface area contributed by atoms with E-state index in [0.717, 1.165) is 36.2 Å². The number of hydrogen-bond donors (Lipinski definition) is 2. The standard InChI is InChI=1S/C17H28N2O/c1-6-12(3)10-14(5)19-17(20)15-11-13(4)8-9-16(15)18-7-2/h8-9,11-12,14,18H,6-7,10H2,1-5H3,(H,19,20). The third kappa shape index (κ3) is 4.87. The second kappa shape index (κ2) is 7.93. The number of anilines is 1. The molecule has 0 spiro atoms. The van der Waals surface area contributed by atoms with Crippen molar-refractivity contribution in [2.75, 3.05) is 11.9 Å². The summed E-state index contributed by atoms with van der Waals surface area (Å²) in [5, 5.41) is 6.36. The molecule has 2 atom stereocenters. The van der Waals surface area contributed by atoms with Crippen LogP contribution in [0.15, 0.2) is 18.2 Å². The van der Waals surface area contributed by atoms with E-state index in [9.17, 15) is 4.79 Å². The van der Waals surface area contributed by atoms with E-state index in [1.807, 2.05) is 32.0 Å². The fraction of sp³-hybridized carbons (Fsp3) is 0.588. The van der Waals surface area contributed by atoms with Crippen LogP contribution in [0.2, 0.25) is 0 Å². The molecule has 3 nitrogen and oxygen atoms in total. The number of aryl methyl sites for hydroxylation is 1. The number of carbonyl (C=O) groups excluding carboxylic acids is 1. The highest BCUT2D eigenvalue weighted by atomic mass is 16.1. The number of amides is 1. The molecule has 20 heavy (non-hydrogen) atoms. The first-order chi connectivity index (χ1) is 9.47. The van der Waals surface area contributed by atoms with Crippen molar-refractivity contribution in [3.05, 3.63) is 29.3 Å². The van der Waals surface area contributed by atoms with Gasteiger partial charge in [-0.1, -0.05) is 31.9 Å². The molecule has 0 aromatic heterocycles. The van der Waals surface area contributed by atoms with Gasteiger partial charge >= 0.3 is 0 Å². The first-order valence-corrected chi connectivity index (χ1v) is 7.63. The lowest BCUT2D eigenvalue weighted by Crippen LogP contribution is -2.34. The highest BCUT2D eigenvalue weighted by Gasteiger charge is 2.15. The Morgan fingerprint density at radius 1 is 1.25 bits per heavy atom. The van der Waals surface area contributed by atoms with Gasteiger partial charge in [-0.05, 0) is 45.2 Å². The maximum atomic E-state index is 12.4. The Hall–Kier alpha value is -1.51. The zero-order valence-corrected chi connectivity index (χ0v) is 13.4. The quantitative estimate of drug-likeness (QED) is 0.791. The topological polar surface area (TPSA) is 41.1 Å². The van der Waals surface area contributed by atoms with Crippen LogP contribution in [0.25, 0.3) is 0 Å². The molecule has 2 N–H and O–H groups in total. The van der Waals surface area contributed by atoms with E-state index in [1.54, 1.807) is 0 Å². The molecule has 0 aliphatic heterocycles. The number of rotatable bonds is 7. The monoisotopic (exact) mass is 276 g/mol. The van der Waals surface area contributed by atoms with Crippen molar-refractivity contribution >= 4 is 11.6 Å². The molecule has 0 aliphatic rings. The normalized spacial score (nSPS) is 13.7. The van der Waals surface area contributed by atoms with Gasteiger partial charge in [0.1, 0.15) is 0 Å². The average molecular weight is 276 g/mol. The summed E-state index contributed by atoms with van der Waals surface area (Å²) in [7, 11) is 0. The van der Waals surface area contributed by atoms with Crippen molar-refractivity contribution in [3.63, 3.8) is 0 Å². The Morgan fingerprint density at radius 2 is 1.95 bits per heavy atom. The van der Waals surface area contributed by atoms with Crippen LogP contribution in [-0.4, -0.2) is 18.5 Å². The number of hydrogen-bond acceptors (Lipinski definition) is 2. The highest BCUT2D eigenvalue weighted by molar-refractivity contribution is 6.00. The highest BCUT2D eigenvalue weighted by Crippen LogP contribution is 2.18. The van der Waals surface area contributed by atoms with E-state index in [-0.39, 0.29) is 11.9 Å². The summed E-state index contributed by atoms with van der Waals surface area (Å²) in [6.07, 6.45) is 2.16. The van der Waals surface area contributed by atoms with Crippen LogP contribution in [-0.2, 0) is 0 Å². The lowest BCUT2D eigenvalue weighted by Gasteiger charge is -2.19. The zero-order chi connectivity index (χ0) is 15.1. The van der Waals surface area contributed by atoms with Gasteiger partial charge < -0.3 is 10.6 Å². The fourth-order valence-electron chi connectivity index (χ4n) is 2.32. The van der Waals surface area contributed by atoms with Crippen molar-refractivity contribution in [1.82, 2.24) is 5.32 Å². The van der Waals surface area contributed by atoms with Crippen molar-refractivity contribution in [2.45, 2.75) is 53.5 Å². The van der Waals surface area contributed by atoms with Crippen LogP contribution in [0.1, 0.15) is 56.5 Å². The predicted octanol–water partition coefficient (Wildman–Crippen LogP) is 3.98. The molecule has 0 radical (unpaired) electrons. The van der Waals surface area contributed by atoms with Crippen molar-refractivity contribution < 1.29 is 4.79 Å². The van der Waals surface area contributed by atoms with Gasteiger partial charge in [-0.15, -0.1) is 0 Å². The Bertz CT molecular complexity index is 443. The third-order valence-corrected chi connectivity index (χ3v) is 3.62. The minimum Gasteiger partial charge on any atom is -0.385 e. The Morgan fingerprint density at radius 3 is 2.55 bits per heavy atom. The van der Waals surface area contributed by atoms with E-state index < -0.39 is 0 Å². The summed E-state index contributed by atoms with van der Waals surface area (Å²) in [5.41, 5.74) is 2.75. The van der Waals surface area contributed by atoms with Gasteiger partial charge in [-0.25, -0.2) is 0 Å². The Balaban J connectivity index is 2.78. The SMILES string of the molecule is CCNc1ccc(C)cc1C(=O)NC(C)CC(C)CC. The van der Waals surface area contributed by atoms with Crippen LogP contribution >= 0.6 is 0 Å². The lowest BCUT2D eigenvalue weighted by molar-refractivity contribution is 0.0936. The fourth-order valence-corrected chi connectivity index (χ4v) is 2.32. The van der Waals surface area contributed by atoms with Gasteiger partial charge in [-0.2, -0.15) is 0 Å². The molecule has 0 saturated heterocycles. The van der Waals surface area contributed by atoms with Gasteiger partial charge in [0.15, 0.2) is 0 Å². The number of nitrogens with one attached hydrogen (secondary N) is 2. The van der Waals surface area contributed by atoms with Crippen molar-refractivity contribution in [3.8, 4) is 0 Å². The maximum Gasteiger partial charge on any atom is 0.253 e. The molecule has 0 bridgehead atoms. The van der Waals surface area contributed by atoms with Gasteiger partial charge in [0.2, 0.25) is 0 Å². The molecule has 0 aliphatic carbocycles. The summed E-state index contributed by atoms with van der Waals surface area (Å²) in [4.78, 5) is 12.4. The summed E-state index contributed by atoms with van der Waals surface area (Å²) in [6, 6.07) is 6.15. The molecular formula is C17H28N2O. The van der Waals surface area contributed by atoms with Crippen LogP contribution in [0.4, 0.5) is 5.69 Å². The second-order valence-electron chi connectivity index (χ2n) is 5.70. The van der Waals surface area contributed by atoms with Crippen LogP contribution in [0.3, 0.4) is 0 Å². The summed E-state index contributed by atoms with van der Waals surface area (Å²) in [5.74, 6) is 0.650. The van der Waals surface area contributed by atoms with E-state index in [0.29, 0.717) is 5.92 Å². The Kier molecular flexibility index (Phi) is 6.56. The van der Waals surface area contributed by atoms with E-state index >= 15 is 0 Å². The largest absolute Gasteiger partial charge is 0.385 e. The van der Waals surface area contributed by atoms with E-state index in [4.69, 9.17) is 0 Å². The number of benzene rings is 1. The number of carbonyl (C=O) groups is 1. The van der Waals surface area contributed by atoms with Crippen LogP contribution in [0, 0.1) is 12.8 Å². The minimum absolute atomic E-state index is 0.0143. The van der Waals surface area contributed by atoms with Crippen LogP contribution in [0.5, 0.6) is 0 Å². The molecule has 0 saturated carbocycles. The molecule has 2 unspecified atom stereocenters. The second-order valence-corrected chi connectivity index (χ2v) is 5.70. The average Bonchev–Trinajstić information content (AvgIpc) is 2.40. The molecule has 1 rings (SSSR count). The van der Waals surface area contributed by atoms with E-state index in [1.165, 1.54) is 0 Å². The molecule has 3 heteroatoms. The smallest absolute Gasteiger partial charge is 0.253 e. The van der Waals surface area contributed by atoms with Gasteiger partial charge in [0.25, 0.3) is 5.91 Å². The molecule has 1 aromatic carbocycles. The van der Waals surface area contributed by atoms with Crippen molar-refractivity contribution in [1.29, 1.82) is 0 Å². The maximum absolute atomic E-state index is 12.4. The Labute approximate surface area is 123 Å². The van der Waals surface area contributed by atoms with Gasteiger partial charge in [0.05, 0.1) is 5.56 Å². The van der Waals surface area contributed by atoms with Gasteiger partial charge in [-0.3, -0.25) is 4.79 Å². The molecule has 1 aromatic rings. The zero-order valence-electron chi connectivity index (χ0n) is 13.4. The summed E-state index contributed by atoms with van der Waals surface area (Å²) in [6.45, 7) is 11.3. The predicted molar refractivity (Wildman–Crippen MR) is 86.3 cm³/mol. The van der Waals surface area contributed by atoms with Crippen molar-refractivity contribution in [2.24, 2.45) is 5.92 Å². The molecule has 0 heterocycles. The van der Waals surface area contributed by atoms with E-state index in [2.05, 4.69) is 31.4 Å². The first-order valence-electron chi connectivity index (χ1n) is 7.63. The molecule has 0 fully saturated rings. The first kappa shape index (κ1) is 16.5. The third-order valence-electron chi connectivity index (χ3n) is 3.62. The minimum atomic E-state index is 0.0143. The van der Waals surface area contributed by atoms with Gasteiger partial charge in [0, 0.05) is 18.3 Å². The van der Waals surface area contributed by atoms with Crippen LogP contribution < -0.4 is 10.6 Å². The molecule has 1 amide bonds. The summed E-state index contributed by atoms with van der Waals surface area (Å²) < 4.78 is 0. The molecular weight excluding hydrogens is 248 g/mol.